The zero-order valence-electron chi connectivity index (χ0n) is 16.8. The molecule has 1 aromatic heterocycles. The molecule has 1 amide bonds. The zero-order valence-corrected chi connectivity index (χ0v) is 16.8. The maximum absolute atomic E-state index is 14.5. The van der Waals surface area contributed by atoms with Gasteiger partial charge in [0.15, 0.2) is 6.04 Å². The van der Waals surface area contributed by atoms with Gasteiger partial charge in [-0.15, -0.1) is 0 Å². The van der Waals surface area contributed by atoms with E-state index in [2.05, 4.69) is 25.7 Å². The third-order valence-corrected chi connectivity index (χ3v) is 6.27. The van der Waals surface area contributed by atoms with Gasteiger partial charge in [-0.05, 0) is 12.1 Å². The number of nitrogens with zero attached hydrogens (tertiary/aromatic N) is 5. The number of nitrogens with one attached hydrogen (secondary N) is 2. The van der Waals surface area contributed by atoms with Gasteiger partial charge in [-0.2, -0.15) is 5.10 Å². The molecule has 0 saturated heterocycles. The van der Waals surface area contributed by atoms with Gasteiger partial charge in [0.05, 0.1) is 44.0 Å². The van der Waals surface area contributed by atoms with Crippen molar-refractivity contribution in [2.24, 2.45) is 17.0 Å². The highest BCUT2D eigenvalue weighted by Crippen LogP contribution is 2.35. The minimum absolute atomic E-state index is 0.146. The summed E-state index contributed by atoms with van der Waals surface area (Å²) in [5, 5.41) is 10.5. The predicted octanol–water partition coefficient (Wildman–Crippen LogP) is 0.705. The van der Waals surface area contributed by atoms with E-state index in [0.29, 0.717) is 31.1 Å². The Labute approximate surface area is 177 Å². The van der Waals surface area contributed by atoms with Crippen molar-refractivity contribution in [3.63, 3.8) is 0 Å². The number of amides is 1. The molecule has 0 aliphatic carbocycles. The Morgan fingerprint density at radius 2 is 2.29 bits per heavy atom. The number of carbonyl (C=O) groups is 1. The summed E-state index contributed by atoms with van der Waals surface area (Å²) in [7, 11) is 1.85. The normalized spacial score (nSPS) is 24.5. The van der Waals surface area contributed by atoms with Crippen molar-refractivity contribution in [3.8, 4) is 5.75 Å². The fourth-order valence-electron chi connectivity index (χ4n) is 4.66. The molecule has 2 aromatic rings. The topological polar surface area (TPSA) is 96.1 Å². The Morgan fingerprint density at radius 1 is 1.39 bits per heavy atom. The predicted molar refractivity (Wildman–Crippen MR) is 111 cm³/mol. The van der Waals surface area contributed by atoms with Crippen LogP contribution < -0.4 is 15.4 Å². The molecular weight excluding hydrogens is 401 g/mol. The van der Waals surface area contributed by atoms with Crippen LogP contribution in [0.4, 0.5) is 4.39 Å². The van der Waals surface area contributed by atoms with Crippen LogP contribution in [0, 0.1) is 5.82 Å². The number of carbonyl (C=O) groups excluding carboxylic acids is 1. The third-order valence-electron chi connectivity index (χ3n) is 6.27. The molecule has 0 radical (unpaired) electrons. The van der Waals surface area contributed by atoms with E-state index >= 15 is 0 Å². The second-order valence-corrected chi connectivity index (χ2v) is 7.89. The molecule has 2 atom stereocenters. The summed E-state index contributed by atoms with van der Waals surface area (Å²) in [4.78, 5) is 23.7. The summed E-state index contributed by atoms with van der Waals surface area (Å²) in [5.74, 6) is 0.805. The minimum Gasteiger partial charge on any atom is -0.493 e. The fourth-order valence-corrected chi connectivity index (χ4v) is 4.66. The number of ether oxygens (including phenoxy) is 1. The SMILES string of the molecule is Cn1ncc2c1CNC(=O)C1N=CN3C(=NCc4c(F)ccc5c4CCO5)NC=C2C13. The molecule has 6 rings (SSSR count). The highest BCUT2D eigenvalue weighted by atomic mass is 19.1. The number of aryl methyl sites for hydroxylation is 1. The monoisotopic (exact) mass is 421 g/mol. The highest BCUT2D eigenvalue weighted by molar-refractivity contribution is 6.03. The molecule has 0 bridgehead atoms. The number of fused-ring (bicyclic) bond motifs is 3. The molecule has 0 spiro atoms. The van der Waals surface area contributed by atoms with E-state index in [1.807, 2.05) is 18.1 Å². The zero-order chi connectivity index (χ0) is 21.1. The van der Waals surface area contributed by atoms with Crippen molar-refractivity contribution < 1.29 is 13.9 Å². The number of benzene rings is 1. The van der Waals surface area contributed by atoms with Gasteiger partial charge in [-0.3, -0.25) is 19.4 Å². The Kier molecular flexibility index (Phi) is 3.89. The van der Waals surface area contributed by atoms with Crippen molar-refractivity contribution in [2.45, 2.75) is 31.6 Å². The molecule has 1 aromatic carbocycles. The van der Waals surface area contributed by atoms with Crippen LogP contribution in [0.2, 0.25) is 0 Å². The molecule has 31 heavy (non-hydrogen) atoms. The molecule has 9 nitrogen and oxygen atoms in total. The van der Waals surface area contributed by atoms with Crippen LogP contribution in [0.15, 0.2) is 34.5 Å². The van der Waals surface area contributed by atoms with Crippen LogP contribution in [-0.4, -0.2) is 51.6 Å². The van der Waals surface area contributed by atoms with Crippen LogP contribution in [0.25, 0.3) is 5.57 Å². The van der Waals surface area contributed by atoms with Crippen LogP contribution in [0.5, 0.6) is 5.75 Å². The minimum atomic E-state index is -0.585. The number of aliphatic imine (C=N–C) groups is 2. The Morgan fingerprint density at radius 3 is 3.19 bits per heavy atom. The van der Waals surface area contributed by atoms with E-state index in [4.69, 9.17) is 4.74 Å². The summed E-state index contributed by atoms with van der Waals surface area (Å²) in [6.45, 7) is 1.11. The van der Waals surface area contributed by atoms with Crippen molar-refractivity contribution in [3.05, 3.63) is 52.7 Å². The molecule has 0 saturated carbocycles. The highest BCUT2D eigenvalue weighted by Gasteiger charge is 2.44. The van der Waals surface area contributed by atoms with Crippen molar-refractivity contribution in [2.75, 3.05) is 6.61 Å². The number of aromatic nitrogens is 2. The van der Waals surface area contributed by atoms with Crippen LogP contribution in [-0.2, 0) is 31.4 Å². The maximum atomic E-state index is 14.5. The van der Waals surface area contributed by atoms with E-state index < -0.39 is 6.04 Å². The molecule has 4 aliphatic heterocycles. The lowest BCUT2D eigenvalue weighted by molar-refractivity contribution is -0.122. The van der Waals surface area contributed by atoms with E-state index in [9.17, 15) is 9.18 Å². The number of guanidine groups is 1. The molecule has 0 fully saturated rings. The van der Waals surface area contributed by atoms with Gasteiger partial charge in [0.1, 0.15) is 11.6 Å². The summed E-state index contributed by atoms with van der Waals surface area (Å²) in [6.07, 6.45) is 5.96. The summed E-state index contributed by atoms with van der Waals surface area (Å²) in [5.41, 5.74) is 4.23. The first-order chi connectivity index (χ1) is 15.1. The number of rotatable bonds is 2. The van der Waals surface area contributed by atoms with Gasteiger partial charge < -0.3 is 15.4 Å². The molecule has 2 N–H and O–H groups in total. The molecule has 2 unspecified atom stereocenters. The smallest absolute Gasteiger partial charge is 0.247 e. The fraction of sp³-hybridized carbons (Fsp3) is 0.333. The first-order valence-corrected chi connectivity index (χ1v) is 10.2. The lowest BCUT2D eigenvalue weighted by Crippen LogP contribution is -2.54. The van der Waals surface area contributed by atoms with Gasteiger partial charge in [0.2, 0.25) is 11.9 Å². The Hall–Kier alpha value is -3.69. The molecule has 5 heterocycles. The van der Waals surface area contributed by atoms with E-state index in [1.54, 1.807) is 23.3 Å². The third kappa shape index (κ3) is 2.67. The average molecular weight is 421 g/mol. The first-order valence-electron chi connectivity index (χ1n) is 10.2. The quantitative estimate of drug-likeness (QED) is 0.745. The maximum Gasteiger partial charge on any atom is 0.247 e. The Balaban J connectivity index is 1.38. The van der Waals surface area contributed by atoms with Crippen molar-refractivity contribution >= 4 is 23.8 Å². The lowest BCUT2D eigenvalue weighted by Gasteiger charge is -2.35. The lowest BCUT2D eigenvalue weighted by atomic mass is 9.91. The van der Waals surface area contributed by atoms with Gasteiger partial charge in [-0.1, -0.05) is 0 Å². The van der Waals surface area contributed by atoms with Gasteiger partial charge in [0.25, 0.3) is 0 Å². The second-order valence-electron chi connectivity index (χ2n) is 7.89. The van der Waals surface area contributed by atoms with Gasteiger partial charge in [0, 0.05) is 41.9 Å². The number of halogens is 1. The van der Waals surface area contributed by atoms with Crippen LogP contribution in [0.3, 0.4) is 0 Å². The summed E-state index contributed by atoms with van der Waals surface area (Å²) < 4.78 is 21.8. The first kappa shape index (κ1) is 18.1. The molecule has 10 heteroatoms. The van der Waals surface area contributed by atoms with E-state index in [0.717, 1.165) is 28.1 Å². The Bertz CT molecular complexity index is 1200. The summed E-state index contributed by atoms with van der Waals surface area (Å²) in [6, 6.07) is 2.16. The molecule has 158 valence electrons. The van der Waals surface area contributed by atoms with E-state index in [-0.39, 0.29) is 24.3 Å². The van der Waals surface area contributed by atoms with Crippen molar-refractivity contribution in [1.29, 1.82) is 0 Å². The van der Waals surface area contributed by atoms with Gasteiger partial charge >= 0.3 is 0 Å². The van der Waals surface area contributed by atoms with Crippen molar-refractivity contribution in [1.82, 2.24) is 25.3 Å². The molecule has 4 aliphatic rings. The van der Waals surface area contributed by atoms with E-state index in [1.165, 1.54) is 6.07 Å². The number of hydrogen-bond donors (Lipinski definition) is 2. The van der Waals surface area contributed by atoms with Crippen LogP contribution in [0.1, 0.15) is 22.4 Å². The standard InChI is InChI=1S/C21H20FN7O2/c1-28-16-9-23-20(30)18-19-14(13(16)8-27-28)7-25-21(29(19)10-26-18)24-6-12-11-4-5-31-17(11)3-2-15(12)22/h2-3,7-8,10,18-19H,4-6,9H2,1H3,(H,23,30)(H,24,25). The average Bonchev–Trinajstić information content (AvgIpc) is 3.49. The van der Waals surface area contributed by atoms with Crippen LogP contribution >= 0.6 is 0 Å². The second kappa shape index (κ2) is 6.66. The largest absolute Gasteiger partial charge is 0.493 e. The number of hydrogen-bond acceptors (Lipinski definition) is 5. The van der Waals surface area contributed by atoms with Gasteiger partial charge in [-0.25, -0.2) is 9.38 Å². The molecular formula is C21H20FN7O2. The summed E-state index contributed by atoms with van der Waals surface area (Å²) >= 11 is 0.